The lowest BCUT2D eigenvalue weighted by atomic mass is 9.77. The van der Waals surface area contributed by atoms with Gasteiger partial charge in [0.1, 0.15) is 23.7 Å². The predicted octanol–water partition coefficient (Wildman–Crippen LogP) is 3.88. The Morgan fingerprint density at radius 3 is 2.47 bits per heavy atom. The third-order valence-electron chi connectivity index (χ3n) is 7.04. The number of aryl methyl sites for hydroxylation is 2. The van der Waals surface area contributed by atoms with Crippen LogP contribution in [0.4, 0.5) is 0 Å². The van der Waals surface area contributed by atoms with Gasteiger partial charge in [0.15, 0.2) is 0 Å². The smallest absolute Gasteiger partial charge is 0.259 e. The monoisotopic (exact) mass is 455 g/mol. The van der Waals surface area contributed by atoms with Crippen LogP contribution in [-0.2, 0) is 4.79 Å². The lowest BCUT2D eigenvalue weighted by Gasteiger charge is -2.39. The number of carbonyl (C=O) groups is 2. The van der Waals surface area contributed by atoms with Crippen molar-refractivity contribution in [1.29, 1.82) is 0 Å². The molecule has 168 valence electrons. The van der Waals surface area contributed by atoms with Crippen LogP contribution in [0, 0.1) is 19.3 Å². The number of piperidine rings is 1. The van der Waals surface area contributed by atoms with Crippen LogP contribution in [0.25, 0.3) is 6.08 Å². The van der Waals surface area contributed by atoms with Gasteiger partial charge < -0.3 is 19.1 Å². The average molecular weight is 456 g/mol. The van der Waals surface area contributed by atoms with Crippen LogP contribution >= 0.6 is 11.6 Å². The van der Waals surface area contributed by atoms with Crippen molar-refractivity contribution >= 4 is 29.5 Å². The van der Waals surface area contributed by atoms with Crippen molar-refractivity contribution in [1.82, 2.24) is 15.0 Å². The van der Waals surface area contributed by atoms with Gasteiger partial charge in [0.25, 0.3) is 11.8 Å². The van der Waals surface area contributed by atoms with Crippen LogP contribution in [-0.4, -0.2) is 59.6 Å². The summed E-state index contributed by atoms with van der Waals surface area (Å²) in [5.41, 5.74) is 2.78. The largest absolute Gasteiger partial charge is 0.488 e. The van der Waals surface area contributed by atoms with E-state index in [4.69, 9.17) is 20.9 Å². The number of carbonyl (C=O) groups excluding carboxylic acids is 2. The summed E-state index contributed by atoms with van der Waals surface area (Å²) < 4.78 is 10.9. The Labute approximate surface area is 191 Å². The molecule has 1 aromatic carbocycles. The minimum atomic E-state index is -0.0103. The number of hydrogen-bond acceptors (Lipinski definition) is 5. The molecule has 4 heterocycles. The van der Waals surface area contributed by atoms with E-state index in [0.29, 0.717) is 40.7 Å². The molecule has 3 aliphatic rings. The van der Waals surface area contributed by atoms with E-state index in [0.717, 1.165) is 43.7 Å². The standard InChI is InChI=1S/C24H26ClN3O4/c1-15-21(16(2)32-26-15)23(30)27-8-5-24(6-9-27)7-10-28(14-24)22(29)18-11-17-12-19(25)3-4-20(17)31-13-18/h3-4,11-12H,5-10,13-14H2,1-2H3. The summed E-state index contributed by atoms with van der Waals surface area (Å²) in [5, 5.41) is 4.53. The highest BCUT2D eigenvalue weighted by Crippen LogP contribution is 2.41. The highest BCUT2D eigenvalue weighted by molar-refractivity contribution is 6.30. The molecule has 5 rings (SSSR count). The topological polar surface area (TPSA) is 75.9 Å². The van der Waals surface area contributed by atoms with Gasteiger partial charge in [0.2, 0.25) is 0 Å². The Hall–Kier alpha value is -2.80. The Kier molecular flexibility index (Phi) is 5.24. The molecule has 0 bridgehead atoms. The summed E-state index contributed by atoms with van der Waals surface area (Å²) in [4.78, 5) is 30.0. The second kappa shape index (κ2) is 7.96. The maximum absolute atomic E-state index is 13.2. The second-order valence-corrected chi connectivity index (χ2v) is 9.54. The first kappa shape index (κ1) is 21.1. The summed E-state index contributed by atoms with van der Waals surface area (Å²) in [6.07, 6.45) is 4.63. The first-order valence-electron chi connectivity index (χ1n) is 11.0. The summed E-state index contributed by atoms with van der Waals surface area (Å²) in [6, 6.07) is 5.44. The quantitative estimate of drug-likeness (QED) is 0.687. The van der Waals surface area contributed by atoms with Crippen molar-refractivity contribution in [2.75, 3.05) is 32.8 Å². The van der Waals surface area contributed by atoms with Crippen molar-refractivity contribution in [3.8, 4) is 5.75 Å². The average Bonchev–Trinajstić information content (AvgIpc) is 3.35. The van der Waals surface area contributed by atoms with Crippen LogP contribution in [0.5, 0.6) is 5.75 Å². The number of aromatic nitrogens is 1. The maximum atomic E-state index is 13.2. The van der Waals surface area contributed by atoms with E-state index in [1.807, 2.05) is 28.0 Å². The van der Waals surface area contributed by atoms with Gasteiger partial charge in [-0.05, 0) is 62.8 Å². The van der Waals surface area contributed by atoms with Gasteiger partial charge in [0, 0.05) is 36.8 Å². The van der Waals surface area contributed by atoms with Crippen LogP contribution in [0.3, 0.4) is 0 Å². The zero-order valence-corrected chi connectivity index (χ0v) is 19.1. The molecular weight excluding hydrogens is 430 g/mol. The minimum Gasteiger partial charge on any atom is -0.488 e. The molecule has 0 aliphatic carbocycles. The van der Waals surface area contributed by atoms with Crippen LogP contribution in [0.2, 0.25) is 5.02 Å². The number of halogens is 1. The molecule has 2 saturated heterocycles. The van der Waals surface area contributed by atoms with Gasteiger partial charge in [-0.15, -0.1) is 0 Å². The minimum absolute atomic E-state index is 0.0103. The van der Waals surface area contributed by atoms with Crippen molar-refractivity contribution in [2.45, 2.75) is 33.1 Å². The molecule has 0 N–H and O–H groups in total. The first-order chi connectivity index (χ1) is 15.3. The second-order valence-electron chi connectivity index (χ2n) is 9.11. The lowest BCUT2D eigenvalue weighted by Crippen LogP contribution is -2.45. The van der Waals surface area contributed by atoms with E-state index < -0.39 is 0 Å². The summed E-state index contributed by atoms with van der Waals surface area (Å²) >= 11 is 6.10. The van der Waals surface area contributed by atoms with E-state index in [9.17, 15) is 9.59 Å². The number of likely N-dealkylation sites (tertiary alicyclic amines) is 2. The zero-order valence-electron chi connectivity index (χ0n) is 18.3. The third-order valence-corrected chi connectivity index (χ3v) is 7.28. The Bertz CT molecular complexity index is 1090. The van der Waals surface area contributed by atoms with Crippen LogP contribution < -0.4 is 4.74 Å². The van der Waals surface area contributed by atoms with Gasteiger partial charge in [-0.2, -0.15) is 0 Å². The molecule has 2 fully saturated rings. The van der Waals surface area contributed by atoms with Crippen molar-refractivity contribution in [3.05, 3.63) is 51.4 Å². The number of amides is 2. The zero-order chi connectivity index (χ0) is 22.5. The highest BCUT2D eigenvalue weighted by Gasteiger charge is 2.43. The third kappa shape index (κ3) is 3.68. The van der Waals surface area contributed by atoms with Crippen LogP contribution in [0.15, 0.2) is 28.3 Å². The molecule has 32 heavy (non-hydrogen) atoms. The number of rotatable bonds is 2. The number of hydrogen-bond donors (Lipinski definition) is 0. The summed E-state index contributed by atoms with van der Waals surface area (Å²) in [5.74, 6) is 1.33. The van der Waals surface area contributed by atoms with Crippen molar-refractivity contribution in [3.63, 3.8) is 0 Å². The molecular formula is C24H26ClN3O4. The number of benzene rings is 1. The van der Waals surface area contributed by atoms with E-state index >= 15 is 0 Å². The molecule has 3 aliphatic heterocycles. The number of ether oxygens (including phenoxy) is 1. The number of nitrogens with zero attached hydrogens (tertiary/aromatic N) is 3. The van der Waals surface area contributed by atoms with Gasteiger partial charge in [-0.1, -0.05) is 16.8 Å². The molecule has 1 spiro atoms. The molecule has 2 aromatic rings. The Morgan fingerprint density at radius 2 is 1.78 bits per heavy atom. The molecule has 0 atom stereocenters. The van der Waals surface area contributed by atoms with Gasteiger partial charge in [-0.3, -0.25) is 9.59 Å². The molecule has 8 heteroatoms. The summed E-state index contributed by atoms with van der Waals surface area (Å²) in [6.45, 7) is 6.66. The fourth-order valence-electron chi connectivity index (χ4n) is 5.12. The van der Waals surface area contributed by atoms with E-state index in [1.54, 1.807) is 19.9 Å². The lowest BCUT2D eigenvalue weighted by molar-refractivity contribution is -0.127. The van der Waals surface area contributed by atoms with Gasteiger partial charge >= 0.3 is 0 Å². The molecule has 0 unspecified atom stereocenters. The highest BCUT2D eigenvalue weighted by atomic mass is 35.5. The first-order valence-corrected chi connectivity index (χ1v) is 11.4. The molecule has 1 aromatic heterocycles. The van der Waals surface area contributed by atoms with Crippen molar-refractivity contribution < 1.29 is 18.8 Å². The fourth-order valence-corrected chi connectivity index (χ4v) is 5.30. The van der Waals surface area contributed by atoms with E-state index in [2.05, 4.69) is 5.16 Å². The normalized spacial score (nSPS) is 19.5. The fraction of sp³-hybridized carbons (Fsp3) is 0.458. The van der Waals surface area contributed by atoms with Crippen LogP contribution in [0.1, 0.15) is 46.6 Å². The van der Waals surface area contributed by atoms with Crippen molar-refractivity contribution in [2.24, 2.45) is 5.41 Å². The molecule has 2 amide bonds. The SMILES string of the molecule is Cc1noc(C)c1C(=O)N1CCC2(CCN(C(=O)C3=Cc4cc(Cl)ccc4OC3)C2)CC1. The number of fused-ring (bicyclic) bond motifs is 1. The van der Waals surface area contributed by atoms with E-state index in [1.165, 1.54) is 0 Å². The molecule has 0 saturated carbocycles. The Morgan fingerprint density at radius 1 is 1.06 bits per heavy atom. The molecule has 0 radical (unpaired) electrons. The van der Waals surface area contributed by atoms with Gasteiger partial charge in [0.05, 0.1) is 11.3 Å². The summed E-state index contributed by atoms with van der Waals surface area (Å²) in [7, 11) is 0. The molecule has 7 nitrogen and oxygen atoms in total. The van der Waals surface area contributed by atoms with Gasteiger partial charge in [-0.25, -0.2) is 0 Å². The predicted molar refractivity (Wildman–Crippen MR) is 120 cm³/mol. The van der Waals surface area contributed by atoms with E-state index in [-0.39, 0.29) is 23.8 Å². The maximum Gasteiger partial charge on any atom is 0.259 e. The Balaban J connectivity index is 1.23.